The molecule has 6 heteroatoms. The van der Waals surface area contributed by atoms with Gasteiger partial charge in [-0.25, -0.2) is 0 Å². The molecule has 0 bridgehead atoms. The van der Waals surface area contributed by atoms with Crippen LogP contribution < -0.4 is 10.6 Å². The molecule has 1 aromatic heterocycles. The molecule has 0 unspecified atom stereocenters. The number of halogens is 1. The number of hydrogen-bond donors (Lipinski definition) is 2. The van der Waals surface area contributed by atoms with Crippen molar-refractivity contribution in [3.05, 3.63) is 81.1 Å². The predicted octanol–water partition coefficient (Wildman–Crippen LogP) is 4.78. The van der Waals surface area contributed by atoms with E-state index in [1.165, 1.54) is 0 Å². The van der Waals surface area contributed by atoms with Gasteiger partial charge in [0.2, 0.25) is 0 Å². The third kappa shape index (κ3) is 3.87. The van der Waals surface area contributed by atoms with Crippen LogP contribution in [0.3, 0.4) is 0 Å². The average Bonchev–Trinajstić information content (AvgIpc) is 2.97. The van der Waals surface area contributed by atoms with Crippen LogP contribution in [-0.4, -0.2) is 23.4 Å². The van der Waals surface area contributed by atoms with Gasteiger partial charge in [-0.2, -0.15) is 0 Å². The van der Waals surface area contributed by atoms with Crippen molar-refractivity contribution in [3.63, 3.8) is 0 Å². The first-order valence-corrected chi connectivity index (χ1v) is 9.70. The average molecular weight is 440 g/mol. The Balaban J connectivity index is 1.90. The first-order chi connectivity index (χ1) is 13.3. The smallest absolute Gasteiger partial charge is 0.257 e. The number of rotatable bonds is 4. The SMILES string of the molecule is CNC(=O)c1ccc(NC(=O)c2cc(C)n(-c3cccc(Br)c3)c2C)c(C)c1. The zero-order valence-electron chi connectivity index (χ0n) is 16.3. The van der Waals surface area contributed by atoms with Gasteiger partial charge in [0.25, 0.3) is 11.8 Å². The molecule has 2 N–H and O–H groups in total. The highest BCUT2D eigenvalue weighted by Crippen LogP contribution is 2.25. The predicted molar refractivity (Wildman–Crippen MR) is 115 cm³/mol. The number of carbonyl (C=O) groups is 2. The summed E-state index contributed by atoms with van der Waals surface area (Å²) in [5, 5.41) is 5.56. The Hall–Kier alpha value is -2.86. The number of aryl methyl sites for hydroxylation is 2. The van der Waals surface area contributed by atoms with Crippen molar-refractivity contribution in [2.45, 2.75) is 20.8 Å². The number of amides is 2. The van der Waals surface area contributed by atoms with Crippen molar-refractivity contribution in [2.24, 2.45) is 0 Å². The summed E-state index contributed by atoms with van der Waals surface area (Å²) < 4.78 is 3.04. The number of benzene rings is 2. The second-order valence-electron chi connectivity index (χ2n) is 6.66. The molecule has 0 atom stereocenters. The van der Waals surface area contributed by atoms with Crippen molar-refractivity contribution in [1.82, 2.24) is 9.88 Å². The molecular formula is C22H22BrN3O2. The molecular weight excluding hydrogens is 418 g/mol. The highest BCUT2D eigenvalue weighted by Gasteiger charge is 2.18. The highest BCUT2D eigenvalue weighted by molar-refractivity contribution is 9.10. The molecule has 0 aliphatic carbocycles. The molecule has 3 rings (SSSR count). The van der Waals surface area contributed by atoms with Gasteiger partial charge in [0, 0.05) is 39.8 Å². The van der Waals surface area contributed by atoms with Crippen LogP contribution in [0.5, 0.6) is 0 Å². The second-order valence-corrected chi connectivity index (χ2v) is 7.58. The van der Waals surface area contributed by atoms with Crippen LogP contribution in [0.25, 0.3) is 5.69 Å². The van der Waals surface area contributed by atoms with Gasteiger partial charge in [0.15, 0.2) is 0 Å². The van der Waals surface area contributed by atoms with Gasteiger partial charge < -0.3 is 15.2 Å². The zero-order valence-corrected chi connectivity index (χ0v) is 17.8. The zero-order chi connectivity index (χ0) is 20.4. The van der Waals surface area contributed by atoms with Crippen LogP contribution in [-0.2, 0) is 0 Å². The topological polar surface area (TPSA) is 63.1 Å². The number of nitrogens with zero attached hydrogens (tertiary/aromatic N) is 1. The van der Waals surface area contributed by atoms with E-state index >= 15 is 0 Å². The largest absolute Gasteiger partial charge is 0.355 e. The Kier molecular flexibility index (Phi) is 5.70. The van der Waals surface area contributed by atoms with Gasteiger partial charge >= 0.3 is 0 Å². The molecule has 2 aromatic carbocycles. The minimum atomic E-state index is -0.176. The van der Waals surface area contributed by atoms with Gasteiger partial charge in [0.05, 0.1) is 5.56 Å². The van der Waals surface area contributed by atoms with Gasteiger partial charge in [-0.05, 0) is 68.8 Å². The molecule has 0 radical (unpaired) electrons. The summed E-state index contributed by atoms with van der Waals surface area (Å²) in [6.45, 7) is 5.78. The lowest BCUT2D eigenvalue weighted by molar-refractivity contribution is 0.0962. The fourth-order valence-electron chi connectivity index (χ4n) is 3.28. The van der Waals surface area contributed by atoms with Crippen LogP contribution in [0.1, 0.15) is 37.7 Å². The molecule has 1 heterocycles. The second kappa shape index (κ2) is 8.02. The van der Waals surface area contributed by atoms with E-state index in [0.29, 0.717) is 16.8 Å². The van der Waals surface area contributed by atoms with Crippen LogP contribution in [0, 0.1) is 20.8 Å². The Morgan fingerprint density at radius 2 is 1.71 bits per heavy atom. The third-order valence-corrected chi connectivity index (χ3v) is 5.20. The Morgan fingerprint density at radius 1 is 0.964 bits per heavy atom. The molecule has 0 saturated carbocycles. The summed E-state index contributed by atoms with van der Waals surface area (Å²) in [6.07, 6.45) is 0. The fraction of sp³-hybridized carbons (Fsp3) is 0.182. The first-order valence-electron chi connectivity index (χ1n) is 8.90. The number of nitrogens with one attached hydrogen (secondary N) is 2. The third-order valence-electron chi connectivity index (χ3n) is 4.71. The lowest BCUT2D eigenvalue weighted by atomic mass is 10.1. The lowest BCUT2D eigenvalue weighted by Gasteiger charge is -2.12. The molecule has 0 aliphatic rings. The van der Waals surface area contributed by atoms with Gasteiger partial charge in [-0.1, -0.05) is 22.0 Å². The monoisotopic (exact) mass is 439 g/mol. The molecule has 0 saturated heterocycles. The Morgan fingerprint density at radius 3 is 2.36 bits per heavy atom. The molecule has 28 heavy (non-hydrogen) atoms. The van der Waals surface area contributed by atoms with Crippen molar-refractivity contribution in [3.8, 4) is 5.69 Å². The van der Waals surface area contributed by atoms with E-state index in [1.54, 1.807) is 25.2 Å². The van der Waals surface area contributed by atoms with E-state index < -0.39 is 0 Å². The van der Waals surface area contributed by atoms with E-state index in [0.717, 1.165) is 27.1 Å². The maximum atomic E-state index is 12.9. The van der Waals surface area contributed by atoms with Gasteiger partial charge in [-0.3, -0.25) is 9.59 Å². The molecule has 144 valence electrons. The van der Waals surface area contributed by atoms with Gasteiger partial charge in [-0.15, -0.1) is 0 Å². The lowest BCUT2D eigenvalue weighted by Crippen LogP contribution is -2.18. The number of carbonyl (C=O) groups excluding carboxylic acids is 2. The van der Waals surface area contributed by atoms with Crippen molar-refractivity contribution in [1.29, 1.82) is 0 Å². The molecule has 5 nitrogen and oxygen atoms in total. The van der Waals surface area contributed by atoms with Crippen molar-refractivity contribution >= 4 is 33.4 Å². The maximum absolute atomic E-state index is 12.9. The van der Waals surface area contributed by atoms with E-state index in [2.05, 4.69) is 31.1 Å². The fourth-order valence-corrected chi connectivity index (χ4v) is 3.67. The Labute approximate surface area is 172 Å². The molecule has 3 aromatic rings. The molecule has 0 aliphatic heterocycles. The van der Waals surface area contributed by atoms with E-state index in [4.69, 9.17) is 0 Å². The van der Waals surface area contributed by atoms with Crippen LogP contribution in [0.2, 0.25) is 0 Å². The molecule has 0 spiro atoms. The van der Waals surface area contributed by atoms with E-state index in [-0.39, 0.29) is 11.8 Å². The summed E-state index contributed by atoms with van der Waals surface area (Å²) in [5.74, 6) is -0.330. The quantitative estimate of drug-likeness (QED) is 0.614. The molecule has 0 fully saturated rings. The summed E-state index contributed by atoms with van der Waals surface area (Å²) in [7, 11) is 1.59. The summed E-state index contributed by atoms with van der Waals surface area (Å²) >= 11 is 3.50. The summed E-state index contributed by atoms with van der Waals surface area (Å²) in [5.41, 5.74) is 5.54. The van der Waals surface area contributed by atoms with E-state index in [9.17, 15) is 9.59 Å². The molecule has 2 amide bonds. The van der Waals surface area contributed by atoms with Crippen LogP contribution in [0.4, 0.5) is 5.69 Å². The van der Waals surface area contributed by atoms with Gasteiger partial charge in [0.1, 0.15) is 0 Å². The van der Waals surface area contributed by atoms with Crippen molar-refractivity contribution < 1.29 is 9.59 Å². The number of aromatic nitrogens is 1. The minimum absolute atomic E-state index is 0.154. The first kappa shape index (κ1) is 19.9. The number of hydrogen-bond acceptors (Lipinski definition) is 2. The van der Waals surface area contributed by atoms with Crippen LogP contribution in [0.15, 0.2) is 53.0 Å². The standard InChI is InChI=1S/C22H22BrN3O2/c1-13-10-16(21(27)24-4)8-9-20(13)25-22(28)19-11-14(2)26(15(19)3)18-7-5-6-17(23)12-18/h5-12H,1-4H3,(H,24,27)(H,25,28). The van der Waals surface area contributed by atoms with Crippen molar-refractivity contribution in [2.75, 3.05) is 12.4 Å². The van der Waals surface area contributed by atoms with Crippen LogP contribution >= 0.6 is 15.9 Å². The minimum Gasteiger partial charge on any atom is -0.355 e. The summed E-state index contributed by atoms with van der Waals surface area (Å²) in [4.78, 5) is 24.7. The summed E-state index contributed by atoms with van der Waals surface area (Å²) in [6, 6.07) is 15.1. The number of anilines is 1. The Bertz CT molecular complexity index is 1070. The highest BCUT2D eigenvalue weighted by atomic mass is 79.9. The normalized spacial score (nSPS) is 10.6. The maximum Gasteiger partial charge on any atom is 0.257 e. The van der Waals surface area contributed by atoms with E-state index in [1.807, 2.05) is 51.1 Å².